The first-order valence-electron chi connectivity index (χ1n) is 10.8. The van der Waals surface area contributed by atoms with Gasteiger partial charge in [-0.2, -0.15) is 0 Å². The fourth-order valence-electron chi connectivity index (χ4n) is 3.46. The average molecular weight is 434 g/mol. The Hall–Kier alpha value is -3.72. The van der Waals surface area contributed by atoms with Crippen molar-refractivity contribution in [3.8, 4) is 11.1 Å². The first-order chi connectivity index (χ1) is 15.8. The van der Waals surface area contributed by atoms with Crippen molar-refractivity contribution in [1.29, 1.82) is 0 Å². The molecule has 4 N–H and O–H groups in total. The van der Waals surface area contributed by atoms with Gasteiger partial charge in [-0.3, -0.25) is 9.20 Å². The Morgan fingerprint density at radius 1 is 1.09 bits per heavy atom. The summed E-state index contributed by atoms with van der Waals surface area (Å²) in [5.41, 5.74) is 8.54. The van der Waals surface area contributed by atoms with E-state index >= 15 is 0 Å². The molecule has 4 rings (SSSR count). The van der Waals surface area contributed by atoms with Gasteiger partial charge in [0.05, 0.1) is 12.8 Å². The third-order valence-electron chi connectivity index (χ3n) is 5.21. The fourth-order valence-corrected chi connectivity index (χ4v) is 3.46. The standard InChI is InChI=1S/C23H27N7O2/c24-11-3-1-2-4-12-25-22(31)18-9-7-17(8-10-18)20-15-27-23(30-16-28-29-21(20)30)26-14-19-6-5-13-32-19/h5-10,13,15-16H,1-4,11-12,14,24H2,(H,25,31)(H,26,27). The summed E-state index contributed by atoms with van der Waals surface area (Å²) in [5.74, 6) is 1.35. The number of nitrogens with zero attached hydrogens (tertiary/aromatic N) is 4. The van der Waals surface area contributed by atoms with Crippen molar-refractivity contribution in [2.75, 3.05) is 18.4 Å². The molecule has 0 saturated carbocycles. The third kappa shape index (κ3) is 5.12. The fraction of sp³-hybridized carbons (Fsp3) is 0.304. The van der Waals surface area contributed by atoms with Gasteiger partial charge in [0, 0.05) is 23.9 Å². The molecule has 0 aliphatic rings. The molecule has 166 valence electrons. The van der Waals surface area contributed by atoms with Crippen LogP contribution in [0.1, 0.15) is 41.8 Å². The minimum atomic E-state index is -0.0707. The quantitative estimate of drug-likeness (QED) is 0.310. The SMILES string of the molecule is NCCCCCCNC(=O)c1ccc(-c2cnc(NCc3ccco3)n3cnnc23)cc1. The lowest BCUT2D eigenvalue weighted by Gasteiger charge is -2.10. The molecule has 9 nitrogen and oxygen atoms in total. The normalized spacial score (nSPS) is 11.0. The second-order valence-corrected chi connectivity index (χ2v) is 7.49. The lowest BCUT2D eigenvalue weighted by atomic mass is 10.1. The molecule has 1 amide bonds. The van der Waals surface area contributed by atoms with Crippen molar-refractivity contribution in [2.45, 2.75) is 32.2 Å². The van der Waals surface area contributed by atoms with Gasteiger partial charge in [0.2, 0.25) is 5.95 Å². The van der Waals surface area contributed by atoms with E-state index in [1.165, 1.54) is 0 Å². The zero-order valence-electron chi connectivity index (χ0n) is 17.8. The van der Waals surface area contributed by atoms with Crippen LogP contribution in [0.2, 0.25) is 0 Å². The number of nitrogens with two attached hydrogens (primary N) is 1. The average Bonchev–Trinajstić information content (AvgIpc) is 3.52. The minimum absolute atomic E-state index is 0.0707. The van der Waals surface area contributed by atoms with Crippen LogP contribution >= 0.6 is 0 Å². The second-order valence-electron chi connectivity index (χ2n) is 7.49. The molecular formula is C23H27N7O2. The molecule has 9 heteroatoms. The van der Waals surface area contributed by atoms with Crippen LogP contribution in [0, 0.1) is 0 Å². The summed E-state index contributed by atoms with van der Waals surface area (Å²) < 4.78 is 7.15. The first-order valence-corrected chi connectivity index (χ1v) is 10.8. The van der Waals surface area contributed by atoms with E-state index in [9.17, 15) is 4.79 Å². The van der Waals surface area contributed by atoms with Crippen LogP contribution in [0.5, 0.6) is 0 Å². The third-order valence-corrected chi connectivity index (χ3v) is 5.21. The van der Waals surface area contributed by atoms with Crippen molar-refractivity contribution >= 4 is 17.5 Å². The maximum atomic E-state index is 12.4. The van der Waals surface area contributed by atoms with E-state index in [1.54, 1.807) is 23.2 Å². The van der Waals surface area contributed by atoms with Crippen LogP contribution in [0.4, 0.5) is 5.95 Å². The van der Waals surface area contributed by atoms with E-state index in [-0.39, 0.29) is 5.91 Å². The topological polar surface area (TPSA) is 123 Å². The van der Waals surface area contributed by atoms with Gasteiger partial charge < -0.3 is 20.8 Å². The van der Waals surface area contributed by atoms with E-state index in [2.05, 4.69) is 25.8 Å². The molecule has 0 atom stereocenters. The maximum Gasteiger partial charge on any atom is 0.251 e. The Morgan fingerprint density at radius 2 is 1.94 bits per heavy atom. The van der Waals surface area contributed by atoms with Gasteiger partial charge in [-0.05, 0) is 49.2 Å². The largest absolute Gasteiger partial charge is 0.467 e. The number of carbonyl (C=O) groups is 1. The number of carbonyl (C=O) groups excluding carboxylic acids is 1. The highest BCUT2D eigenvalue weighted by Gasteiger charge is 2.12. The molecule has 3 heterocycles. The molecule has 0 fully saturated rings. The summed E-state index contributed by atoms with van der Waals surface area (Å²) in [6, 6.07) is 11.2. The second kappa shape index (κ2) is 10.5. The van der Waals surface area contributed by atoms with Gasteiger partial charge in [-0.15, -0.1) is 10.2 Å². The molecule has 0 radical (unpaired) electrons. The number of furan rings is 1. The number of nitrogens with one attached hydrogen (secondary N) is 2. The van der Waals surface area contributed by atoms with Gasteiger partial charge in [0.1, 0.15) is 12.1 Å². The highest BCUT2D eigenvalue weighted by Crippen LogP contribution is 2.25. The van der Waals surface area contributed by atoms with Crippen LogP contribution in [0.25, 0.3) is 16.8 Å². The van der Waals surface area contributed by atoms with Gasteiger partial charge >= 0.3 is 0 Å². The number of fused-ring (bicyclic) bond motifs is 1. The number of anilines is 1. The molecule has 0 aliphatic carbocycles. The summed E-state index contributed by atoms with van der Waals surface area (Å²) in [4.78, 5) is 16.9. The van der Waals surface area contributed by atoms with Crippen molar-refractivity contribution < 1.29 is 9.21 Å². The van der Waals surface area contributed by atoms with Crippen molar-refractivity contribution in [3.63, 3.8) is 0 Å². The van der Waals surface area contributed by atoms with Crippen LogP contribution in [0.15, 0.2) is 59.6 Å². The minimum Gasteiger partial charge on any atom is -0.467 e. The van der Waals surface area contributed by atoms with Gasteiger partial charge in [-0.25, -0.2) is 4.98 Å². The molecule has 32 heavy (non-hydrogen) atoms. The highest BCUT2D eigenvalue weighted by atomic mass is 16.3. The van der Waals surface area contributed by atoms with E-state index in [4.69, 9.17) is 10.2 Å². The molecule has 0 spiro atoms. The predicted octanol–water partition coefficient (Wildman–Crippen LogP) is 3.25. The Morgan fingerprint density at radius 3 is 2.72 bits per heavy atom. The number of amides is 1. The maximum absolute atomic E-state index is 12.4. The summed E-state index contributed by atoms with van der Waals surface area (Å²) >= 11 is 0. The van der Waals surface area contributed by atoms with E-state index < -0.39 is 0 Å². The monoisotopic (exact) mass is 433 g/mol. The summed E-state index contributed by atoms with van der Waals surface area (Å²) in [6.07, 6.45) is 9.17. The van der Waals surface area contributed by atoms with Crippen LogP contribution in [-0.4, -0.2) is 38.6 Å². The molecule has 0 saturated heterocycles. The molecule has 0 unspecified atom stereocenters. The van der Waals surface area contributed by atoms with E-state index in [1.807, 2.05) is 36.4 Å². The number of unbranched alkanes of at least 4 members (excludes halogenated alkanes) is 3. The number of rotatable bonds is 11. The van der Waals surface area contributed by atoms with Gasteiger partial charge in [0.15, 0.2) is 5.65 Å². The molecule has 4 aromatic rings. The van der Waals surface area contributed by atoms with Crippen LogP contribution in [0.3, 0.4) is 0 Å². The smallest absolute Gasteiger partial charge is 0.251 e. The van der Waals surface area contributed by atoms with E-state index in [0.717, 1.165) is 49.1 Å². The number of hydrogen-bond acceptors (Lipinski definition) is 7. The Kier molecular flexibility index (Phi) is 7.08. The summed E-state index contributed by atoms with van der Waals surface area (Å²) in [6.45, 7) is 1.89. The Bertz CT molecular complexity index is 1140. The lowest BCUT2D eigenvalue weighted by Crippen LogP contribution is -2.24. The van der Waals surface area contributed by atoms with Gasteiger partial charge in [-0.1, -0.05) is 25.0 Å². The van der Waals surface area contributed by atoms with E-state index in [0.29, 0.717) is 30.2 Å². The number of aromatic nitrogens is 4. The van der Waals surface area contributed by atoms with Crippen molar-refractivity contribution in [1.82, 2.24) is 24.9 Å². The summed E-state index contributed by atoms with van der Waals surface area (Å²) in [7, 11) is 0. The zero-order chi connectivity index (χ0) is 22.2. The first kappa shape index (κ1) is 21.5. The zero-order valence-corrected chi connectivity index (χ0v) is 17.8. The molecule has 0 bridgehead atoms. The van der Waals surface area contributed by atoms with Crippen molar-refractivity contribution in [3.05, 3.63) is 66.5 Å². The Labute approximate surface area is 186 Å². The number of hydrogen-bond donors (Lipinski definition) is 3. The molecule has 0 aliphatic heterocycles. The van der Waals surface area contributed by atoms with Crippen molar-refractivity contribution in [2.24, 2.45) is 5.73 Å². The predicted molar refractivity (Wildman–Crippen MR) is 122 cm³/mol. The Balaban J connectivity index is 1.41. The van der Waals surface area contributed by atoms with Crippen LogP contribution in [-0.2, 0) is 6.54 Å². The van der Waals surface area contributed by atoms with Crippen LogP contribution < -0.4 is 16.4 Å². The molecule has 3 aromatic heterocycles. The summed E-state index contributed by atoms with van der Waals surface area (Å²) in [5, 5.41) is 14.5. The lowest BCUT2D eigenvalue weighted by molar-refractivity contribution is 0.0953. The molecular weight excluding hydrogens is 406 g/mol. The number of benzene rings is 1. The molecule has 1 aromatic carbocycles. The highest BCUT2D eigenvalue weighted by molar-refractivity contribution is 5.95. The van der Waals surface area contributed by atoms with Gasteiger partial charge in [0.25, 0.3) is 5.91 Å².